The maximum absolute atomic E-state index is 6.06. The van der Waals surface area contributed by atoms with Crippen LogP contribution in [0.15, 0.2) is 12.2 Å². The highest BCUT2D eigenvalue weighted by Gasteiger charge is 2.42. The Balaban J connectivity index is 1.77. The molecule has 1 saturated heterocycles. The third-order valence-electron chi connectivity index (χ3n) is 4.83. The van der Waals surface area contributed by atoms with Crippen LogP contribution < -0.4 is 0 Å². The molecular formula is C14H22O. The standard InChI is InChI=1S/C14H22O/c1-10-6-7-14-13(8-10)12-5-3-2-4-11(12)9-15-14/h11-14H,1-9H2. The fourth-order valence-electron chi connectivity index (χ4n) is 4.02. The molecule has 1 nitrogen and oxygen atoms in total. The van der Waals surface area contributed by atoms with Gasteiger partial charge in [-0.3, -0.25) is 0 Å². The molecular weight excluding hydrogens is 184 g/mol. The van der Waals surface area contributed by atoms with Crippen LogP contribution in [0.25, 0.3) is 0 Å². The number of hydrogen-bond acceptors (Lipinski definition) is 1. The SMILES string of the molecule is C=C1CCC2OCC3CCCCC3C2C1. The van der Waals surface area contributed by atoms with Gasteiger partial charge in [0.05, 0.1) is 12.7 Å². The van der Waals surface area contributed by atoms with Crippen molar-refractivity contribution < 1.29 is 4.74 Å². The van der Waals surface area contributed by atoms with Gasteiger partial charge in [-0.25, -0.2) is 0 Å². The first kappa shape index (κ1) is 9.89. The largest absolute Gasteiger partial charge is 0.378 e. The van der Waals surface area contributed by atoms with Crippen LogP contribution in [0.2, 0.25) is 0 Å². The summed E-state index contributed by atoms with van der Waals surface area (Å²) in [6.45, 7) is 5.24. The van der Waals surface area contributed by atoms with Crippen molar-refractivity contribution in [2.75, 3.05) is 6.61 Å². The van der Waals surface area contributed by atoms with Gasteiger partial charge in [0.25, 0.3) is 0 Å². The molecule has 0 spiro atoms. The Kier molecular flexibility index (Phi) is 2.59. The summed E-state index contributed by atoms with van der Waals surface area (Å²) in [5, 5.41) is 0. The van der Waals surface area contributed by atoms with E-state index in [1.54, 1.807) is 0 Å². The molecule has 0 amide bonds. The first-order chi connectivity index (χ1) is 7.34. The Morgan fingerprint density at radius 3 is 2.87 bits per heavy atom. The average molecular weight is 206 g/mol. The van der Waals surface area contributed by atoms with E-state index in [2.05, 4.69) is 6.58 Å². The van der Waals surface area contributed by atoms with Crippen molar-refractivity contribution in [2.45, 2.75) is 51.0 Å². The first-order valence-corrected chi connectivity index (χ1v) is 6.63. The second-order valence-corrected chi connectivity index (χ2v) is 5.74. The molecule has 0 aromatic rings. The van der Waals surface area contributed by atoms with Crippen LogP contribution in [0.5, 0.6) is 0 Å². The van der Waals surface area contributed by atoms with Gasteiger partial charge >= 0.3 is 0 Å². The maximum Gasteiger partial charge on any atom is 0.0612 e. The third kappa shape index (κ3) is 1.75. The van der Waals surface area contributed by atoms with Crippen LogP contribution in [-0.2, 0) is 4.74 Å². The van der Waals surface area contributed by atoms with Crippen molar-refractivity contribution in [1.82, 2.24) is 0 Å². The lowest BCUT2D eigenvalue weighted by Crippen LogP contribution is -2.45. The second-order valence-electron chi connectivity index (χ2n) is 5.74. The number of hydrogen-bond donors (Lipinski definition) is 0. The summed E-state index contributed by atoms with van der Waals surface area (Å²) in [7, 11) is 0. The van der Waals surface area contributed by atoms with Gasteiger partial charge in [0.1, 0.15) is 0 Å². The van der Waals surface area contributed by atoms with Crippen LogP contribution in [0.1, 0.15) is 44.9 Å². The quantitative estimate of drug-likeness (QED) is 0.551. The van der Waals surface area contributed by atoms with Gasteiger partial charge < -0.3 is 4.74 Å². The fraction of sp³-hybridized carbons (Fsp3) is 0.857. The molecule has 0 radical (unpaired) electrons. The number of allylic oxidation sites excluding steroid dienone is 1. The molecule has 15 heavy (non-hydrogen) atoms. The van der Waals surface area contributed by atoms with Crippen LogP contribution in [0.4, 0.5) is 0 Å². The zero-order valence-corrected chi connectivity index (χ0v) is 9.58. The summed E-state index contributed by atoms with van der Waals surface area (Å²) >= 11 is 0. The van der Waals surface area contributed by atoms with Crippen molar-refractivity contribution in [3.8, 4) is 0 Å². The highest BCUT2D eigenvalue weighted by Crippen LogP contribution is 2.46. The molecule has 0 aromatic heterocycles. The van der Waals surface area contributed by atoms with E-state index in [1.807, 2.05) is 0 Å². The second kappa shape index (κ2) is 3.93. The van der Waals surface area contributed by atoms with E-state index in [-0.39, 0.29) is 0 Å². The van der Waals surface area contributed by atoms with Gasteiger partial charge in [-0.05, 0) is 49.9 Å². The number of fused-ring (bicyclic) bond motifs is 3. The van der Waals surface area contributed by atoms with Gasteiger partial charge in [-0.15, -0.1) is 0 Å². The predicted octanol–water partition coefficient (Wildman–Crippen LogP) is 3.55. The molecule has 3 rings (SSSR count). The summed E-state index contributed by atoms with van der Waals surface area (Å²) in [6, 6.07) is 0. The molecule has 1 heterocycles. The average Bonchev–Trinajstić information content (AvgIpc) is 2.29. The van der Waals surface area contributed by atoms with Crippen molar-refractivity contribution in [1.29, 1.82) is 0 Å². The maximum atomic E-state index is 6.06. The Labute approximate surface area is 92.9 Å². The topological polar surface area (TPSA) is 9.23 Å². The predicted molar refractivity (Wildman–Crippen MR) is 61.7 cm³/mol. The molecule has 1 aliphatic heterocycles. The summed E-state index contributed by atoms with van der Waals surface area (Å²) in [4.78, 5) is 0. The Morgan fingerprint density at radius 1 is 1.07 bits per heavy atom. The smallest absolute Gasteiger partial charge is 0.0612 e. The molecule has 1 heteroatoms. The molecule has 0 aromatic carbocycles. The van der Waals surface area contributed by atoms with Gasteiger partial charge in [0.15, 0.2) is 0 Å². The summed E-state index contributed by atoms with van der Waals surface area (Å²) in [6.07, 6.45) is 10.1. The van der Waals surface area contributed by atoms with E-state index in [9.17, 15) is 0 Å². The van der Waals surface area contributed by atoms with E-state index < -0.39 is 0 Å². The normalized spacial score (nSPS) is 45.7. The Hall–Kier alpha value is -0.300. The highest BCUT2D eigenvalue weighted by molar-refractivity contribution is 5.05. The van der Waals surface area contributed by atoms with E-state index >= 15 is 0 Å². The zero-order chi connectivity index (χ0) is 10.3. The zero-order valence-electron chi connectivity index (χ0n) is 9.58. The molecule has 3 fully saturated rings. The summed E-state index contributed by atoms with van der Waals surface area (Å²) in [5.74, 6) is 2.67. The van der Waals surface area contributed by atoms with E-state index in [0.717, 1.165) is 24.4 Å². The van der Waals surface area contributed by atoms with Crippen molar-refractivity contribution >= 4 is 0 Å². The lowest BCUT2D eigenvalue weighted by Gasteiger charge is -2.48. The molecule has 0 N–H and O–H groups in total. The summed E-state index contributed by atoms with van der Waals surface area (Å²) < 4.78 is 6.06. The monoisotopic (exact) mass is 206 g/mol. The minimum atomic E-state index is 0.579. The van der Waals surface area contributed by atoms with E-state index in [4.69, 9.17) is 4.74 Å². The Morgan fingerprint density at radius 2 is 1.93 bits per heavy atom. The third-order valence-corrected chi connectivity index (χ3v) is 4.83. The molecule has 2 aliphatic carbocycles. The van der Waals surface area contributed by atoms with Crippen molar-refractivity contribution in [2.24, 2.45) is 17.8 Å². The van der Waals surface area contributed by atoms with Gasteiger partial charge in [-0.2, -0.15) is 0 Å². The van der Waals surface area contributed by atoms with Crippen LogP contribution in [-0.4, -0.2) is 12.7 Å². The van der Waals surface area contributed by atoms with Crippen molar-refractivity contribution in [3.63, 3.8) is 0 Å². The lowest BCUT2D eigenvalue weighted by atomic mass is 9.65. The number of ether oxygens (including phenoxy) is 1. The Bertz CT molecular complexity index is 258. The molecule has 4 atom stereocenters. The van der Waals surface area contributed by atoms with Crippen molar-refractivity contribution in [3.05, 3.63) is 12.2 Å². The van der Waals surface area contributed by atoms with Crippen LogP contribution in [0.3, 0.4) is 0 Å². The molecule has 84 valence electrons. The van der Waals surface area contributed by atoms with E-state index in [1.165, 1.54) is 50.5 Å². The van der Waals surface area contributed by atoms with E-state index in [0.29, 0.717) is 6.10 Å². The van der Waals surface area contributed by atoms with Gasteiger partial charge in [0, 0.05) is 0 Å². The minimum absolute atomic E-state index is 0.579. The van der Waals surface area contributed by atoms with Crippen LogP contribution >= 0.6 is 0 Å². The highest BCUT2D eigenvalue weighted by atomic mass is 16.5. The number of rotatable bonds is 0. The molecule has 4 unspecified atom stereocenters. The fourth-order valence-corrected chi connectivity index (χ4v) is 4.02. The summed E-state index contributed by atoms with van der Waals surface area (Å²) in [5.41, 5.74) is 1.48. The first-order valence-electron chi connectivity index (χ1n) is 6.63. The minimum Gasteiger partial charge on any atom is -0.378 e. The lowest BCUT2D eigenvalue weighted by molar-refractivity contribution is -0.113. The molecule has 3 aliphatic rings. The molecule has 2 saturated carbocycles. The van der Waals surface area contributed by atoms with Gasteiger partial charge in [-0.1, -0.05) is 25.0 Å². The molecule has 0 bridgehead atoms. The van der Waals surface area contributed by atoms with Crippen LogP contribution in [0, 0.1) is 17.8 Å². The van der Waals surface area contributed by atoms with Gasteiger partial charge in [0.2, 0.25) is 0 Å².